The molecule has 0 aliphatic carbocycles. The zero-order chi connectivity index (χ0) is 30.8. The van der Waals surface area contributed by atoms with Gasteiger partial charge in [-0.05, 0) is 38.5 Å². The molecule has 0 aliphatic rings. The molecular weight excluding hydrogens is 545 g/mol. The zero-order valence-electron chi connectivity index (χ0n) is 26.5. The van der Waals surface area contributed by atoms with E-state index in [1.165, 1.54) is 6.42 Å². The number of ether oxygens (including phenoxy) is 2. The van der Waals surface area contributed by atoms with Crippen LogP contribution in [0.5, 0.6) is 0 Å². The van der Waals surface area contributed by atoms with Gasteiger partial charge in [0.15, 0.2) is 6.10 Å². The molecule has 240 valence electrons. The molecule has 0 aromatic rings. The number of carbonyl (C=O) groups is 2. The number of quaternary nitrogens is 1. The van der Waals surface area contributed by atoms with Gasteiger partial charge in [0.2, 0.25) is 0 Å². The minimum absolute atomic E-state index is 0.0336. The second-order valence-corrected chi connectivity index (χ2v) is 12.9. The molecule has 0 heterocycles. The van der Waals surface area contributed by atoms with Crippen molar-refractivity contribution in [2.75, 3.05) is 47.5 Å². The van der Waals surface area contributed by atoms with Gasteiger partial charge in [0.05, 0.1) is 27.7 Å². The summed E-state index contributed by atoms with van der Waals surface area (Å²) in [6, 6.07) is 0. The third-order valence-corrected chi connectivity index (χ3v) is 7.17. The molecule has 41 heavy (non-hydrogen) atoms. The molecule has 0 saturated carbocycles. The Balaban J connectivity index is 4.47. The van der Waals surface area contributed by atoms with Gasteiger partial charge in [-0.25, -0.2) is 0 Å². The van der Waals surface area contributed by atoms with Gasteiger partial charge in [0.25, 0.3) is 7.82 Å². The van der Waals surface area contributed by atoms with Crippen LogP contribution in [0.1, 0.15) is 110 Å². The summed E-state index contributed by atoms with van der Waals surface area (Å²) < 4.78 is 33.3. The van der Waals surface area contributed by atoms with Gasteiger partial charge in [-0.3, -0.25) is 14.2 Å². The normalized spacial score (nSPS) is 14.4. The highest BCUT2D eigenvalue weighted by Gasteiger charge is 2.21. The number of hydrogen-bond acceptors (Lipinski definition) is 8. The summed E-state index contributed by atoms with van der Waals surface area (Å²) in [4.78, 5) is 36.7. The average molecular weight is 604 g/mol. The Hall–Kier alpha value is -1.51. The summed E-state index contributed by atoms with van der Waals surface area (Å²) in [5.41, 5.74) is 0. The summed E-state index contributed by atoms with van der Waals surface area (Å²) in [5, 5.41) is 0. The fourth-order valence-electron chi connectivity index (χ4n) is 3.69. The number of phosphoric acid groups is 1. The van der Waals surface area contributed by atoms with Crippen LogP contribution in [0.25, 0.3) is 0 Å². The third kappa shape index (κ3) is 28.4. The molecule has 0 fully saturated rings. The lowest BCUT2D eigenvalue weighted by atomic mass is 10.1. The van der Waals surface area contributed by atoms with E-state index in [4.69, 9.17) is 18.5 Å². The maximum absolute atomic E-state index is 12.4. The number of phosphoric ester groups is 1. The van der Waals surface area contributed by atoms with E-state index in [0.717, 1.165) is 70.6 Å². The average Bonchev–Trinajstić information content (AvgIpc) is 2.90. The maximum Gasteiger partial charge on any atom is 0.306 e. The van der Waals surface area contributed by atoms with Crippen LogP contribution in [0.15, 0.2) is 24.3 Å². The Kier molecular flexibility index (Phi) is 24.1. The first kappa shape index (κ1) is 39.5. The van der Waals surface area contributed by atoms with Crippen molar-refractivity contribution < 1.29 is 42.1 Å². The highest BCUT2D eigenvalue weighted by Crippen LogP contribution is 2.38. The Bertz CT molecular complexity index is 779. The van der Waals surface area contributed by atoms with E-state index in [1.807, 2.05) is 21.1 Å². The molecule has 0 aliphatic heterocycles. The Morgan fingerprint density at radius 1 is 0.756 bits per heavy atom. The molecule has 0 rings (SSSR count). The van der Waals surface area contributed by atoms with Crippen molar-refractivity contribution in [2.45, 2.75) is 116 Å². The molecule has 0 aromatic heterocycles. The molecule has 0 aromatic carbocycles. The molecule has 2 atom stereocenters. The van der Waals surface area contributed by atoms with E-state index in [0.29, 0.717) is 17.4 Å². The van der Waals surface area contributed by atoms with Crippen molar-refractivity contribution >= 4 is 19.8 Å². The molecule has 10 heteroatoms. The van der Waals surface area contributed by atoms with E-state index in [2.05, 4.69) is 38.2 Å². The summed E-state index contributed by atoms with van der Waals surface area (Å²) >= 11 is 0. The summed E-state index contributed by atoms with van der Waals surface area (Å²) in [6.45, 7) is 3.96. The monoisotopic (exact) mass is 603 g/mol. The number of allylic oxidation sites excluding steroid dienone is 4. The van der Waals surface area contributed by atoms with Crippen molar-refractivity contribution in [1.82, 2.24) is 0 Å². The largest absolute Gasteiger partial charge is 0.756 e. The molecule has 2 unspecified atom stereocenters. The van der Waals surface area contributed by atoms with Crippen LogP contribution in [0.2, 0.25) is 0 Å². The number of nitrogens with zero attached hydrogens (tertiary/aromatic N) is 1. The van der Waals surface area contributed by atoms with Crippen LogP contribution in [0.3, 0.4) is 0 Å². The summed E-state index contributed by atoms with van der Waals surface area (Å²) in [7, 11) is 1.15. The summed E-state index contributed by atoms with van der Waals surface area (Å²) in [6.07, 6.45) is 21.3. The predicted molar refractivity (Wildman–Crippen MR) is 162 cm³/mol. The van der Waals surface area contributed by atoms with Crippen LogP contribution in [0.4, 0.5) is 0 Å². The molecule has 0 saturated heterocycles. The first-order valence-corrected chi connectivity index (χ1v) is 17.0. The van der Waals surface area contributed by atoms with E-state index in [-0.39, 0.29) is 26.1 Å². The standard InChI is InChI=1S/C31H58NO8P/c1-6-8-10-12-13-14-15-16-17-18-19-20-22-24-31(34)40-29(27-37-30(33)23-21-11-9-7-2)28-39-41(35,36)38-26-25-32(3,4)5/h10,12,14-15,29H,6-9,11,13,16-28H2,1-5H3/b12-10-,15-14-. The van der Waals surface area contributed by atoms with Crippen molar-refractivity contribution in [1.29, 1.82) is 0 Å². The lowest BCUT2D eigenvalue weighted by molar-refractivity contribution is -0.870. The quantitative estimate of drug-likeness (QED) is 0.0337. The van der Waals surface area contributed by atoms with E-state index in [1.54, 1.807) is 0 Å². The second-order valence-electron chi connectivity index (χ2n) is 11.5. The molecule has 0 amide bonds. The van der Waals surface area contributed by atoms with Crippen LogP contribution < -0.4 is 4.89 Å². The Morgan fingerprint density at radius 2 is 1.37 bits per heavy atom. The van der Waals surface area contributed by atoms with Gasteiger partial charge in [-0.1, -0.05) is 83.1 Å². The van der Waals surface area contributed by atoms with Gasteiger partial charge in [0.1, 0.15) is 19.8 Å². The third-order valence-electron chi connectivity index (χ3n) is 6.21. The highest BCUT2D eigenvalue weighted by molar-refractivity contribution is 7.45. The topological polar surface area (TPSA) is 111 Å². The number of rotatable bonds is 27. The number of unbranched alkanes of at least 4 members (excludes halogenated alkanes) is 9. The molecule has 0 N–H and O–H groups in total. The highest BCUT2D eigenvalue weighted by atomic mass is 31.2. The number of esters is 2. The van der Waals surface area contributed by atoms with E-state index >= 15 is 0 Å². The first-order chi connectivity index (χ1) is 19.5. The van der Waals surface area contributed by atoms with Crippen molar-refractivity contribution in [3.63, 3.8) is 0 Å². The minimum atomic E-state index is -4.60. The van der Waals surface area contributed by atoms with E-state index < -0.39 is 32.5 Å². The Labute approximate surface area is 249 Å². The van der Waals surface area contributed by atoms with Crippen molar-refractivity contribution in [2.24, 2.45) is 0 Å². The molecule has 0 spiro atoms. The second kappa shape index (κ2) is 25.0. The van der Waals surface area contributed by atoms with Gasteiger partial charge in [-0.2, -0.15) is 0 Å². The van der Waals surface area contributed by atoms with Gasteiger partial charge in [0, 0.05) is 12.8 Å². The molecular formula is C31H58NO8P. The smallest absolute Gasteiger partial charge is 0.306 e. The molecule has 0 bridgehead atoms. The van der Waals surface area contributed by atoms with E-state index in [9.17, 15) is 19.0 Å². The van der Waals surface area contributed by atoms with Gasteiger partial charge in [-0.15, -0.1) is 0 Å². The lowest BCUT2D eigenvalue weighted by Gasteiger charge is -2.28. The van der Waals surface area contributed by atoms with Gasteiger partial charge >= 0.3 is 11.9 Å². The van der Waals surface area contributed by atoms with Crippen LogP contribution in [-0.2, 0) is 32.7 Å². The molecule has 0 radical (unpaired) electrons. The lowest BCUT2D eigenvalue weighted by Crippen LogP contribution is -2.37. The maximum atomic E-state index is 12.4. The van der Waals surface area contributed by atoms with Crippen molar-refractivity contribution in [3.05, 3.63) is 24.3 Å². The minimum Gasteiger partial charge on any atom is -0.756 e. The fourth-order valence-corrected chi connectivity index (χ4v) is 4.42. The first-order valence-electron chi connectivity index (χ1n) is 15.5. The number of carbonyl (C=O) groups excluding carboxylic acids is 2. The zero-order valence-corrected chi connectivity index (χ0v) is 27.4. The fraction of sp³-hybridized carbons (Fsp3) is 0.806. The van der Waals surface area contributed by atoms with Crippen LogP contribution >= 0.6 is 7.82 Å². The van der Waals surface area contributed by atoms with Crippen molar-refractivity contribution in [3.8, 4) is 0 Å². The number of hydrogen-bond donors (Lipinski definition) is 0. The summed E-state index contributed by atoms with van der Waals surface area (Å²) in [5.74, 6) is -0.877. The molecule has 9 nitrogen and oxygen atoms in total. The Morgan fingerprint density at radius 3 is 2.02 bits per heavy atom. The van der Waals surface area contributed by atoms with Gasteiger partial charge < -0.3 is 27.9 Å². The SMILES string of the molecule is CCC/C=C\C/C=C\CCCCCCCC(=O)OC(COC(=O)CCCCCC)COP(=O)([O-])OCC[N+](C)(C)C. The van der Waals surface area contributed by atoms with Crippen LogP contribution in [-0.4, -0.2) is 70.0 Å². The predicted octanol–water partition coefficient (Wildman–Crippen LogP) is 6.65. The van der Waals surface area contributed by atoms with Crippen LogP contribution in [0, 0.1) is 0 Å². The number of likely N-dealkylation sites (N-methyl/N-ethyl adjacent to an activating group) is 1.